The van der Waals surface area contributed by atoms with Crippen molar-refractivity contribution >= 4 is 39.0 Å². The number of aromatic nitrogens is 1. The minimum absolute atomic E-state index is 0.143. The Kier molecular flexibility index (Phi) is 7.77. The second-order valence-electron chi connectivity index (χ2n) is 7.32. The molecular weight excluding hydrogens is 430 g/mol. The molecule has 168 valence electrons. The van der Waals surface area contributed by atoms with E-state index in [1.54, 1.807) is 48.5 Å². The van der Waals surface area contributed by atoms with Gasteiger partial charge in [-0.3, -0.25) is 9.59 Å². The summed E-state index contributed by atoms with van der Waals surface area (Å²) in [5.41, 5.74) is 3.55. The van der Waals surface area contributed by atoms with E-state index in [2.05, 4.69) is 10.5 Å². The van der Waals surface area contributed by atoms with Crippen LogP contribution in [0.4, 0.5) is 0 Å². The largest absolute Gasteiger partial charge is 0.481 e. The van der Waals surface area contributed by atoms with Gasteiger partial charge in [0.05, 0.1) is 16.6 Å². The van der Waals surface area contributed by atoms with Crippen LogP contribution in [0.2, 0.25) is 0 Å². The molecule has 32 heavy (non-hydrogen) atoms. The summed E-state index contributed by atoms with van der Waals surface area (Å²) in [6.07, 6.45) is 6.14. The van der Waals surface area contributed by atoms with Gasteiger partial charge in [-0.25, -0.2) is 17.8 Å². The number of para-hydroxylation sites is 1. The van der Waals surface area contributed by atoms with Crippen molar-refractivity contribution in [2.24, 2.45) is 5.10 Å². The van der Waals surface area contributed by atoms with E-state index in [4.69, 9.17) is 5.11 Å². The number of hydrazone groups is 1. The van der Waals surface area contributed by atoms with Crippen LogP contribution in [0.1, 0.15) is 44.1 Å². The predicted octanol–water partition coefficient (Wildman–Crippen LogP) is 3.75. The number of benzene rings is 2. The number of nitrogens with one attached hydrogen (secondary N) is 1. The Bertz CT molecular complexity index is 1220. The van der Waals surface area contributed by atoms with Crippen LogP contribution in [0.5, 0.6) is 0 Å². The fraction of sp³-hybridized carbons (Fsp3) is 0.261. The molecule has 0 atom stereocenters. The van der Waals surface area contributed by atoms with Gasteiger partial charge in [-0.2, -0.15) is 5.10 Å². The lowest BCUT2D eigenvalue weighted by Crippen LogP contribution is -2.16. The number of rotatable bonds is 11. The number of fused-ring (bicyclic) bond motifs is 1. The lowest BCUT2D eigenvalue weighted by atomic mass is 10.1. The number of nitrogens with zero attached hydrogens (tertiary/aromatic N) is 2. The molecule has 9 heteroatoms. The van der Waals surface area contributed by atoms with E-state index in [1.165, 1.54) is 16.4 Å². The standard InChI is InChI=1S/C23H25N3O5S/c27-22(14-6-1-2-7-15-23(28)29)25-24-16-18-17-26(21-13-9-8-12-20(18)21)32(30,31)19-10-4-3-5-11-19/h3-5,8-13,16-17H,1-2,6-7,14-15H2,(H,25,27)(H,28,29)/b24-16+. The zero-order chi connectivity index (χ0) is 23.0. The normalized spacial score (nSPS) is 11.8. The van der Waals surface area contributed by atoms with Crippen molar-refractivity contribution in [3.63, 3.8) is 0 Å². The zero-order valence-electron chi connectivity index (χ0n) is 17.5. The summed E-state index contributed by atoms with van der Waals surface area (Å²) in [7, 11) is -3.78. The topological polar surface area (TPSA) is 118 Å². The van der Waals surface area contributed by atoms with Crippen LogP contribution in [0, 0.1) is 0 Å². The first-order chi connectivity index (χ1) is 15.4. The molecule has 1 amide bonds. The third kappa shape index (κ3) is 5.82. The summed E-state index contributed by atoms with van der Waals surface area (Å²) in [6.45, 7) is 0. The average Bonchev–Trinajstić information content (AvgIpc) is 3.16. The molecule has 2 N–H and O–H groups in total. The highest BCUT2D eigenvalue weighted by molar-refractivity contribution is 7.90. The molecule has 2 aromatic carbocycles. The van der Waals surface area contributed by atoms with Gasteiger partial charge in [0.25, 0.3) is 10.0 Å². The monoisotopic (exact) mass is 455 g/mol. The fourth-order valence-electron chi connectivity index (χ4n) is 3.33. The summed E-state index contributed by atoms with van der Waals surface area (Å²) < 4.78 is 27.4. The quantitative estimate of drug-likeness (QED) is 0.259. The number of amides is 1. The van der Waals surface area contributed by atoms with Crippen LogP contribution >= 0.6 is 0 Å². The Morgan fingerprint density at radius 3 is 2.31 bits per heavy atom. The highest BCUT2D eigenvalue weighted by atomic mass is 32.2. The predicted molar refractivity (Wildman–Crippen MR) is 122 cm³/mol. The molecule has 0 aliphatic rings. The first-order valence-corrected chi connectivity index (χ1v) is 11.8. The van der Waals surface area contributed by atoms with Crippen molar-refractivity contribution in [1.29, 1.82) is 0 Å². The van der Waals surface area contributed by atoms with Gasteiger partial charge in [0.1, 0.15) is 0 Å². The van der Waals surface area contributed by atoms with Crippen LogP contribution in [-0.4, -0.2) is 35.6 Å². The zero-order valence-corrected chi connectivity index (χ0v) is 18.3. The lowest BCUT2D eigenvalue weighted by molar-refractivity contribution is -0.137. The van der Waals surface area contributed by atoms with Crippen LogP contribution in [0.3, 0.4) is 0 Å². The maximum absolute atomic E-state index is 13.1. The maximum Gasteiger partial charge on any atom is 0.303 e. The summed E-state index contributed by atoms with van der Waals surface area (Å²) >= 11 is 0. The molecule has 0 saturated heterocycles. The van der Waals surface area contributed by atoms with Gasteiger partial charge in [0.15, 0.2) is 0 Å². The molecule has 0 aliphatic heterocycles. The number of carbonyl (C=O) groups is 2. The Morgan fingerprint density at radius 1 is 0.938 bits per heavy atom. The summed E-state index contributed by atoms with van der Waals surface area (Å²) in [6, 6.07) is 15.3. The number of hydrogen-bond donors (Lipinski definition) is 2. The molecule has 8 nitrogen and oxygen atoms in total. The molecule has 1 aromatic heterocycles. The van der Waals surface area contributed by atoms with Gasteiger partial charge in [-0.1, -0.05) is 49.2 Å². The molecule has 0 bridgehead atoms. The molecule has 1 heterocycles. The third-order valence-electron chi connectivity index (χ3n) is 4.95. The lowest BCUT2D eigenvalue weighted by Gasteiger charge is -2.07. The van der Waals surface area contributed by atoms with Crippen molar-refractivity contribution in [1.82, 2.24) is 9.40 Å². The Balaban J connectivity index is 1.66. The molecule has 0 aliphatic carbocycles. The van der Waals surface area contributed by atoms with Crippen molar-refractivity contribution in [3.05, 3.63) is 66.4 Å². The number of aliphatic carboxylic acids is 1. The van der Waals surface area contributed by atoms with E-state index in [9.17, 15) is 18.0 Å². The van der Waals surface area contributed by atoms with E-state index in [-0.39, 0.29) is 23.6 Å². The molecule has 0 fully saturated rings. The number of unbranched alkanes of at least 4 members (excludes halogenated alkanes) is 3. The van der Waals surface area contributed by atoms with Crippen molar-refractivity contribution in [2.75, 3.05) is 0 Å². The summed E-state index contributed by atoms with van der Waals surface area (Å²) in [5.74, 6) is -1.06. The first kappa shape index (κ1) is 23.2. The maximum atomic E-state index is 13.1. The van der Waals surface area contributed by atoms with Crippen molar-refractivity contribution < 1.29 is 23.1 Å². The fourth-order valence-corrected chi connectivity index (χ4v) is 4.73. The number of carbonyl (C=O) groups excluding carboxylic acids is 1. The van der Waals surface area contributed by atoms with E-state index in [0.717, 1.165) is 12.8 Å². The molecular formula is C23H25N3O5S. The molecule has 0 unspecified atom stereocenters. The van der Waals surface area contributed by atoms with Gasteiger partial charge >= 0.3 is 5.97 Å². The van der Waals surface area contributed by atoms with E-state index < -0.39 is 16.0 Å². The van der Waals surface area contributed by atoms with Gasteiger partial charge in [0, 0.05) is 30.0 Å². The van der Waals surface area contributed by atoms with Crippen LogP contribution in [-0.2, 0) is 19.6 Å². The minimum atomic E-state index is -3.78. The van der Waals surface area contributed by atoms with Crippen LogP contribution in [0.25, 0.3) is 10.9 Å². The molecule has 0 radical (unpaired) electrons. The Labute approximate surface area is 186 Å². The Morgan fingerprint density at radius 2 is 1.59 bits per heavy atom. The molecule has 3 rings (SSSR count). The summed E-state index contributed by atoms with van der Waals surface area (Å²) in [5, 5.41) is 13.3. The molecule has 0 spiro atoms. The summed E-state index contributed by atoms with van der Waals surface area (Å²) in [4.78, 5) is 22.6. The van der Waals surface area contributed by atoms with E-state index >= 15 is 0 Å². The van der Waals surface area contributed by atoms with Crippen molar-refractivity contribution in [3.8, 4) is 0 Å². The second kappa shape index (κ2) is 10.7. The first-order valence-electron chi connectivity index (χ1n) is 10.3. The van der Waals surface area contributed by atoms with Crippen LogP contribution < -0.4 is 5.43 Å². The van der Waals surface area contributed by atoms with Crippen molar-refractivity contribution in [2.45, 2.75) is 43.4 Å². The highest BCUT2D eigenvalue weighted by Gasteiger charge is 2.20. The molecule has 3 aromatic rings. The van der Waals surface area contributed by atoms with Gasteiger partial charge in [-0.15, -0.1) is 0 Å². The second-order valence-corrected chi connectivity index (χ2v) is 9.13. The van der Waals surface area contributed by atoms with Gasteiger partial charge < -0.3 is 5.11 Å². The number of carboxylic acid groups (broad SMARTS) is 1. The highest BCUT2D eigenvalue weighted by Crippen LogP contribution is 2.25. The smallest absolute Gasteiger partial charge is 0.303 e. The number of carboxylic acids is 1. The van der Waals surface area contributed by atoms with Gasteiger partial charge in [-0.05, 0) is 31.0 Å². The minimum Gasteiger partial charge on any atom is -0.481 e. The third-order valence-corrected chi connectivity index (χ3v) is 6.63. The average molecular weight is 456 g/mol. The van der Waals surface area contributed by atoms with E-state index in [1.807, 2.05) is 6.07 Å². The number of hydrogen-bond acceptors (Lipinski definition) is 5. The SMILES string of the molecule is O=C(O)CCCCCCC(=O)N/N=C/c1cn(S(=O)(=O)c2ccccc2)c2ccccc12. The molecule has 0 saturated carbocycles. The van der Waals surface area contributed by atoms with Crippen LogP contribution in [0.15, 0.2) is 70.8 Å². The Hall–Kier alpha value is -3.46. The van der Waals surface area contributed by atoms with E-state index in [0.29, 0.717) is 29.3 Å². The van der Waals surface area contributed by atoms with Gasteiger partial charge in [0.2, 0.25) is 5.91 Å².